The van der Waals surface area contributed by atoms with Gasteiger partial charge in [0.1, 0.15) is 11.4 Å². The van der Waals surface area contributed by atoms with Crippen molar-refractivity contribution in [1.29, 1.82) is 0 Å². The summed E-state index contributed by atoms with van der Waals surface area (Å²) in [7, 11) is 0. The highest BCUT2D eigenvalue weighted by atomic mass is 32.1. The summed E-state index contributed by atoms with van der Waals surface area (Å²) in [5.41, 5.74) is -1.11. The van der Waals surface area contributed by atoms with E-state index < -0.39 is 5.60 Å². The predicted molar refractivity (Wildman–Crippen MR) is 50.8 cm³/mol. The van der Waals surface area contributed by atoms with Crippen LogP contribution in [0, 0.1) is 6.92 Å². The van der Waals surface area contributed by atoms with Crippen LogP contribution in [0.25, 0.3) is 0 Å². The third kappa shape index (κ3) is 3.25. The number of aryl methyl sites for hydroxylation is 1. The van der Waals surface area contributed by atoms with Crippen LogP contribution >= 0.6 is 11.5 Å². The van der Waals surface area contributed by atoms with Gasteiger partial charge in [-0.2, -0.15) is 4.37 Å². The lowest BCUT2D eigenvalue weighted by Crippen LogP contribution is -2.37. The molecule has 0 aliphatic heterocycles. The summed E-state index contributed by atoms with van der Waals surface area (Å²) >= 11 is 1.24. The molecule has 1 unspecified atom stereocenters. The van der Waals surface area contributed by atoms with E-state index in [2.05, 4.69) is 14.7 Å². The minimum Gasteiger partial charge on any atom is -0.393 e. The van der Waals surface area contributed by atoms with Gasteiger partial charge in [0, 0.05) is 18.1 Å². The Labute approximate surface area is 80.6 Å². The van der Waals surface area contributed by atoms with E-state index in [1.165, 1.54) is 11.5 Å². The molecule has 0 spiro atoms. The number of nitrogens with one attached hydrogen (secondary N) is 1. The molecule has 1 rings (SSSR count). The molecule has 0 saturated heterocycles. The van der Waals surface area contributed by atoms with Crippen molar-refractivity contribution in [3.05, 3.63) is 5.82 Å². The maximum atomic E-state index is 9.44. The van der Waals surface area contributed by atoms with Gasteiger partial charge in [-0.1, -0.05) is 0 Å². The monoisotopic (exact) mass is 203 g/mol. The van der Waals surface area contributed by atoms with E-state index in [0.29, 0.717) is 11.0 Å². The van der Waals surface area contributed by atoms with Crippen molar-refractivity contribution in [1.82, 2.24) is 9.36 Å². The number of aromatic nitrogens is 2. The molecule has 1 aromatic rings. The summed E-state index contributed by atoms with van der Waals surface area (Å²) in [5, 5.41) is 21.7. The summed E-state index contributed by atoms with van der Waals surface area (Å²) in [6.07, 6.45) is 0. The van der Waals surface area contributed by atoms with E-state index in [1.54, 1.807) is 13.8 Å². The van der Waals surface area contributed by atoms with E-state index in [1.807, 2.05) is 0 Å². The van der Waals surface area contributed by atoms with Crippen molar-refractivity contribution < 1.29 is 10.2 Å². The van der Waals surface area contributed by atoms with Crippen molar-refractivity contribution in [3.8, 4) is 0 Å². The van der Waals surface area contributed by atoms with Crippen molar-refractivity contribution in [2.75, 3.05) is 18.5 Å². The molecule has 6 heteroatoms. The number of hydrogen-bond acceptors (Lipinski definition) is 6. The first-order valence-corrected chi connectivity index (χ1v) is 4.68. The Morgan fingerprint density at radius 1 is 1.62 bits per heavy atom. The Morgan fingerprint density at radius 2 is 2.31 bits per heavy atom. The first-order chi connectivity index (χ1) is 6.03. The molecule has 1 atom stereocenters. The Morgan fingerprint density at radius 3 is 2.77 bits per heavy atom. The normalized spacial score (nSPS) is 15.4. The first-order valence-electron chi connectivity index (χ1n) is 3.91. The SMILES string of the molecule is Cc1nsc(NCC(C)(O)CO)n1. The van der Waals surface area contributed by atoms with Crippen LogP contribution in [0.4, 0.5) is 5.13 Å². The Kier molecular flexibility index (Phi) is 3.18. The van der Waals surface area contributed by atoms with Gasteiger partial charge in [0.15, 0.2) is 0 Å². The predicted octanol–water partition coefficient (Wildman–Crippen LogP) is 0.00172. The molecule has 0 aliphatic carbocycles. The van der Waals surface area contributed by atoms with Crippen molar-refractivity contribution in [2.45, 2.75) is 19.4 Å². The third-order valence-electron chi connectivity index (χ3n) is 1.49. The van der Waals surface area contributed by atoms with Crippen LogP contribution in [-0.4, -0.2) is 38.3 Å². The lowest BCUT2D eigenvalue weighted by Gasteiger charge is -2.19. The largest absolute Gasteiger partial charge is 0.393 e. The number of aliphatic hydroxyl groups excluding tert-OH is 1. The first kappa shape index (κ1) is 10.4. The van der Waals surface area contributed by atoms with Crippen LogP contribution in [-0.2, 0) is 0 Å². The molecule has 13 heavy (non-hydrogen) atoms. The van der Waals surface area contributed by atoms with Crippen LogP contribution in [0.2, 0.25) is 0 Å². The zero-order valence-electron chi connectivity index (χ0n) is 7.61. The molecule has 0 aliphatic rings. The van der Waals surface area contributed by atoms with Gasteiger partial charge >= 0.3 is 0 Å². The molecule has 74 valence electrons. The van der Waals surface area contributed by atoms with E-state index in [9.17, 15) is 5.11 Å². The fourth-order valence-corrected chi connectivity index (χ4v) is 1.26. The number of hydrogen-bond donors (Lipinski definition) is 3. The van der Waals surface area contributed by atoms with E-state index in [4.69, 9.17) is 5.11 Å². The van der Waals surface area contributed by atoms with Gasteiger partial charge in [0.25, 0.3) is 0 Å². The second-order valence-corrected chi connectivity index (χ2v) is 3.91. The average Bonchev–Trinajstić information content (AvgIpc) is 2.48. The fourth-order valence-electron chi connectivity index (χ4n) is 0.691. The van der Waals surface area contributed by atoms with Gasteiger partial charge in [-0.25, -0.2) is 4.98 Å². The number of rotatable bonds is 4. The smallest absolute Gasteiger partial charge is 0.202 e. The van der Waals surface area contributed by atoms with Crippen LogP contribution in [0.1, 0.15) is 12.7 Å². The van der Waals surface area contributed by atoms with Gasteiger partial charge in [0.05, 0.1) is 6.61 Å². The van der Waals surface area contributed by atoms with Crippen LogP contribution in [0.5, 0.6) is 0 Å². The lowest BCUT2D eigenvalue weighted by molar-refractivity contribution is 0.0132. The molecule has 5 nitrogen and oxygen atoms in total. The Hall–Kier alpha value is -0.720. The fraction of sp³-hybridized carbons (Fsp3) is 0.714. The maximum Gasteiger partial charge on any atom is 0.202 e. The minimum atomic E-state index is -1.11. The molecule has 0 saturated carbocycles. The second-order valence-electron chi connectivity index (χ2n) is 3.16. The standard InChI is InChI=1S/C7H13N3O2S/c1-5-9-6(13-10-5)8-3-7(2,12)4-11/h11-12H,3-4H2,1-2H3,(H,8,9,10). The van der Waals surface area contributed by atoms with Gasteiger partial charge in [-0.05, 0) is 13.8 Å². The molecule has 0 aromatic carbocycles. The molecule has 1 heterocycles. The summed E-state index contributed by atoms with van der Waals surface area (Å²) in [6.45, 7) is 3.33. The minimum absolute atomic E-state index is 0.262. The summed E-state index contributed by atoms with van der Waals surface area (Å²) in [6, 6.07) is 0. The van der Waals surface area contributed by atoms with Crippen LogP contribution in [0.15, 0.2) is 0 Å². The molecular formula is C7H13N3O2S. The van der Waals surface area contributed by atoms with Crippen LogP contribution < -0.4 is 5.32 Å². The topological polar surface area (TPSA) is 78.3 Å². The Balaban J connectivity index is 2.43. The van der Waals surface area contributed by atoms with Crippen LogP contribution in [0.3, 0.4) is 0 Å². The summed E-state index contributed by atoms with van der Waals surface area (Å²) in [4.78, 5) is 4.05. The van der Waals surface area contributed by atoms with E-state index in [-0.39, 0.29) is 13.2 Å². The molecule has 1 aromatic heterocycles. The summed E-state index contributed by atoms with van der Waals surface area (Å²) < 4.78 is 3.97. The second kappa shape index (κ2) is 3.99. The number of anilines is 1. The molecular weight excluding hydrogens is 190 g/mol. The number of nitrogens with zero attached hydrogens (tertiary/aromatic N) is 2. The molecule has 3 N–H and O–H groups in total. The quantitative estimate of drug-likeness (QED) is 0.642. The average molecular weight is 203 g/mol. The number of aliphatic hydroxyl groups is 2. The zero-order chi connectivity index (χ0) is 9.90. The summed E-state index contributed by atoms with van der Waals surface area (Å²) in [5.74, 6) is 0.705. The van der Waals surface area contributed by atoms with Crippen molar-refractivity contribution in [3.63, 3.8) is 0 Å². The highest BCUT2D eigenvalue weighted by molar-refractivity contribution is 7.09. The molecule has 0 amide bonds. The van der Waals surface area contributed by atoms with Gasteiger partial charge in [-0.3, -0.25) is 0 Å². The van der Waals surface area contributed by atoms with Gasteiger partial charge in [0.2, 0.25) is 5.13 Å². The van der Waals surface area contributed by atoms with Gasteiger partial charge < -0.3 is 15.5 Å². The molecule has 0 fully saturated rings. The van der Waals surface area contributed by atoms with E-state index in [0.717, 1.165) is 0 Å². The Bertz CT molecular complexity index is 274. The maximum absolute atomic E-state index is 9.44. The van der Waals surface area contributed by atoms with Gasteiger partial charge in [-0.15, -0.1) is 0 Å². The highest BCUT2D eigenvalue weighted by Crippen LogP contribution is 2.11. The molecule has 0 bridgehead atoms. The van der Waals surface area contributed by atoms with Crippen molar-refractivity contribution in [2.24, 2.45) is 0 Å². The highest BCUT2D eigenvalue weighted by Gasteiger charge is 2.18. The zero-order valence-corrected chi connectivity index (χ0v) is 8.43. The van der Waals surface area contributed by atoms with E-state index >= 15 is 0 Å². The van der Waals surface area contributed by atoms with Crippen molar-refractivity contribution >= 4 is 16.7 Å². The third-order valence-corrected chi connectivity index (χ3v) is 2.25. The lowest BCUT2D eigenvalue weighted by atomic mass is 10.1. The molecule has 0 radical (unpaired) electrons.